The number of nitrogens with zero attached hydrogens (tertiary/aromatic N) is 5. The molecule has 152 valence electrons. The molecular formula is C21H19N5OS3. The summed E-state index contributed by atoms with van der Waals surface area (Å²) in [6, 6.07) is 14.3. The lowest BCUT2D eigenvalue weighted by Gasteiger charge is -2.17. The highest BCUT2D eigenvalue weighted by molar-refractivity contribution is 7.98. The Morgan fingerprint density at radius 2 is 2.00 bits per heavy atom. The molecule has 3 heterocycles. The summed E-state index contributed by atoms with van der Waals surface area (Å²) in [4.78, 5) is 19.8. The number of thiazole rings is 1. The highest BCUT2D eigenvalue weighted by Gasteiger charge is 2.30. The van der Waals surface area contributed by atoms with Crippen LogP contribution in [-0.2, 0) is 10.5 Å². The summed E-state index contributed by atoms with van der Waals surface area (Å²) in [6.07, 6.45) is 2.35. The second-order valence-electron chi connectivity index (χ2n) is 6.98. The second-order valence-corrected chi connectivity index (χ2v) is 9.71. The molecule has 0 spiro atoms. The van der Waals surface area contributed by atoms with Gasteiger partial charge >= 0.3 is 0 Å². The molecule has 1 aliphatic carbocycles. The molecule has 0 aliphatic heterocycles. The molecule has 9 heteroatoms. The van der Waals surface area contributed by atoms with Gasteiger partial charge in [-0.15, -0.1) is 32.9 Å². The molecule has 1 aromatic carbocycles. The topological polar surface area (TPSA) is 63.9 Å². The lowest BCUT2D eigenvalue weighted by atomic mass is 10.3. The lowest BCUT2D eigenvalue weighted by Crippen LogP contribution is -2.22. The monoisotopic (exact) mass is 453 g/mol. The van der Waals surface area contributed by atoms with Crippen molar-refractivity contribution in [2.75, 3.05) is 4.90 Å². The van der Waals surface area contributed by atoms with Crippen molar-refractivity contribution in [2.24, 2.45) is 0 Å². The van der Waals surface area contributed by atoms with E-state index in [1.165, 1.54) is 24.2 Å². The number of carbonyl (C=O) groups excluding carboxylic acids is 1. The van der Waals surface area contributed by atoms with E-state index >= 15 is 0 Å². The third-order valence-electron chi connectivity index (χ3n) is 4.73. The van der Waals surface area contributed by atoms with Crippen molar-refractivity contribution < 1.29 is 4.79 Å². The number of anilines is 2. The number of benzene rings is 1. The van der Waals surface area contributed by atoms with E-state index in [0.29, 0.717) is 16.9 Å². The zero-order valence-corrected chi connectivity index (χ0v) is 18.7. The molecule has 3 aromatic heterocycles. The van der Waals surface area contributed by atoms with Gasteiger partial charge in [0.15, 0.2) is 16.1 Å². The first-order chi connectivity index (χ1) is 14.7. The summed E-state index contributed by atoms with van der Waals surface area (Å²) < 4.78 is 2.27. The van der Waals surface area contributed by atoms with Crippen LogP contribution in [0.4, 0.5) is 10.8 Å². The van der Waals surface area contributed by atoms with E-state index < -0.39 is 0 Å². The van der Waals surface area contributed by atoms with Gasteiger partial charge in [0.25, 0.3) is 0 Å². The van der Waals surface area contributed by atoms with Crippen molar-refractivity contribution in [1.82, 2.24) is 19.7 Å². The van der Waals surface area contributed by atoms with Crippen LogP contribution in [0.1, 0.15) is 31.5 Å². The van der Waals surface area contributed by atoms with E-state index in [2.05, 4.69) is 26.2 Å². The zero-order chi connectivity index (χ0) is 20.5. The normalized spacial score (nSPS) is 13.5. The molecule has 30 heavy (non-hydrogen) atoms. The number of carbonyl (C=O) groups is 1. The molecule has 1 saturated carbocycles. The van der Waals surface area contributed by atoms with Gasteiger partial charge in [-0.1, -0.05) is 36.0 Å². The Bertz CT molecular complexity index is 1150. The predicted molar refractivity (Wildman–Crippen MR) is 123 cm³/mol. The van der Waals surface area contributed by atoms with Crippen molar-refractivity contribution in [2.45, 2.75) is 36.7 Å². The van der Waals surface area contributed by atoms with Crippen molar-refractivity contribution in [1.29, 1.82) is 0 Å². The van der Waals surface area contributed by atoms with Crippen molar-refractivity contribution in [3.63, 3.8) is 0 Å². The van der Waals surface area contributed by atoms with Crippen molar-refractivity contribution >= 4 is 51.2 Å². The van der Waals surface area contributed by atoms with Crippen LogP contribution in [0, 0.1) is 0 Å². The average Bonchev–Trinajstić information content (AvgIpc) is 3.13. The molecule has 0 bridgehead atoms. The number of aromatic nitrogens is 4. The SMILES string of the molecule is CC(=O)N(c1ccccc1)c1nc(CSc2nnc(-c3cccs3)n2C2CC2)cs1. The number of rotatable bonds is 7. The summed E-state index contributed by atoms with van der Waals surface area (Å²) in [6.45, 7) is 1.56. The van der Waals surface area contributed by atoms with Crippen LogP contribution in [0.3, 0.4) is 0 Å². The van der Waals surface area contributed by atoms with Gasteiger partial charge in [0.05, 0.1) is 16.3 Å². The standard InChI is InChI=1S/C21H19N5OS3/c1-14(27)25(16-6-3-2-4-7-16)20-22-15(12-29-20)13-30-21-24-23-19(18-8-5-11-28-18)26(21)17-9-10-17/h2-8,11-12,17H,9-10,13H2,1H3. The fraction of sp³-hybridized carbons (Fsp3) is 0.238. The van der Waals surface area contributed by atoms with Gasteiger partial charge in [-0.2, -0.15) is 0 Å². The molecule has 0 unspecified atom stereocenters. The van der Waals surface area contributed by atoms with Crippen LogP contribution in [0.2, 0.25) is 0 Å². The van der Waals surface area contributed by atoms with Crippen molar-refractivity contribution in [3.05, 3.63) is 58.9 Å². The predicted octanol–water partition coefficient (Wildman–Crippen LogP) is 5.77. The first kappa shape index (κ1) is 19.5. The molecule has 0 saturated heterocycles. The largest absolute Gasteiger partial charge is 0.298 e. The Labute approximate surface area is 186 Å². The number of thioether (sulfide) groups is 1. The van der Waals surface area contributed by atoms with Crippen LogP contribution < -0.4 is 4.90 Å². The number of hydrogen-bond donors (Lipinski definition) is 0. The molecule has 6 nitrogen and oxygen atoms in total. The maximum Gasteiger partial charge on any atom is 0.230 e. The summed E-state index contributed by atoms with van der Waals surface area (Å²) in [7, 11) is 0. The minimum Gasteiger partial charge on any atom is -0.298 e. The Morgan fingerprint density at radius 1 is 1.17 bits per heavy atom. The second kappa shape index (κ2) is 8.33. The van der Waals surface area contributed by atoms with Crippen LogP contribution >= 0.6 is 34.4 Å². The maximum atomic E-state index is 12.2. The molecular weight excluding hydrogens is 434 g/mol. The molecule has 5 rings (SSSR count). The Balaban J connectivity index is 1.35. The van der Waals surface area contributed by atoms with Crippen LogP contribution in [0.15, 0.2) is 58.4 Å². The van der Waals surface area contributed by atoms with Crippen LogP contribution in [-0.4, -0.2) is 25.7 Å². The molecule has 0 atom stereocenters. The summed E-state index contributed by atoms with van der Waals surface area (Å²) in [5.74, 6) is 1.59. The molecule has 1 fully saturated rings. The summed E-state index contributed by atoms with van der Waals surface area (Å²) in [5, 5.41) is 14.6. The van der Waals surface area contributed by atoms with E-state index in [1.54, 1.807) is 34.9 Å². The smallest absolute Gasteiger partial charge is 0.230 e. The third kappa shape index (κ3) is 3.92. The van der Waals surface area contributed by atoms with Gasteiger partial charge in [-0.05, 0) is 36.4 Å². The Morgan fingerprint density at radius 3 is 2.70 bits per heavy atom. The molecule has 4 aromatic rings. The van der Waals surface area contributed by atoms with E-state index in [1.807, 2.05) is 41.8 Å². The molecule has 1 aliphatic rings. The van der Waals surface area contributed by atoms with E-state index in [-0.39, 0.29) is 5.91 Å². The fourth-order valence-corrected chi connectivity index (χ4v) is 5.81. The highest BCUT2D eigenvalue weighted by atomic mass is 32.2. The minimum absolute atomic E-state index is 0.0520. The number of para-hydroxylation sites is 1. The number of amides is 1. The zero-order valence-electron chi connectivity index (χ0n) is 16.3. The summed E-state index contributed by atoms with van der Waals surface area (Å²) >= 11 is 4.82. The van der Waals surface area contributed by atoms with Crippen LogP contribution in [0.5, 0.6) is 0 Å². The molecule has 0 N–H and O–H groups in total. The van der Waals surface area contributed by atoms with Gasteiger partial charge < -0.3 is 0 Å². The summed E-state index contributed by atoms with van der Waals surface area (Å²) in [5.41, 5.74) is 1.76. The third-order valence-corrected chi connectivity index (χ3v) is 7.44. The van der Waals surface area contributed by atoms with Gasteiger partial charge in [0.1, 0.15) is 0 Å². The Hall–Kier alpha value is -2.49. The van der Waals surface area contributed by atoms with E-state index in [0.717, 1.165) is 27.2 Å². The first-order valence-corrected chi connectivity index (χ1v) is 12.4. The van der Waals surface area contributed by atoms with E-state index in [9.17, 15) is 4.79 Å². The average molecular weight is 454 g/mol. The van der Waals surface area contributed by atoms with Gasteiger partial charge in [0.2, 0.25) is 5.91 Å². The van der Waals surface area contributed by atoms with Gasteiger partial charge in [-0.3, -0.25) is 14.3 Å². The quantitative estimate of drug-likeness (QED) is 0.332. The lowest BCUT2D eigenvalue weighted by molar-refractivity contribution is -0.115. The minimum atomic E-state index is -0.0520. The Kier molecular flexibility index (Phi) is 5.41. The number of hydrogen-bond acceptors (Lipinski definition) is 7. The van der Waals surface area contributed by atoms with Crippen LogP contribution in [0.25, 0.3) is 10.7 Å². The fourth-order valence-electron chi connectivity index (χ4n) is 3.22. The van der Waals surface area contributed by atoms with Gasteiger partial charge in [0, 0.05) is 24.1 Å². The maximum absolute atomic E-state index is 12.2. The van der Waals surface area contributed by atoms with Gasteiger partial charge in [-0.25, -0.2) is 4.98 Å². The van der Waals surface area contributed by atoms with E-state index in [4.69, 9.17) is 4.98 Å². The molecule has 0 radical (unpaired) electrons. The highest BCUT2D eigenvalue weighted by Crippen LogP contribution is 2.42. The first-order valence-electron chi connectivity index (χ1n) is 9.62. The number of thiophene rings is 1. The van der Waals surface area contributed by atoms with Crippen molar-refractivity contribution in [3.8, 4) is 10.7 Å². The molecule has 1 amide bonds.